The lowest BCUT2D eigenvalue weighted by Gasteiger charge is -2.09. The lowest BCUT2D eigenvalue weighted by atomic mass is 9.94. The van der Waals surface area contributed by atoms with Gasteiger partial charge in [-0.05, 0) is 77.7 Å². The Labute approximate surface area is 338 Å². The first-order chi connectivity index (χ1) is 29.1. The lowest BCUT2D eigenvalue weighted by Crippen LogP contribution is -2.06. The van der Waals surface area contributed by atoms with Crippen LogP contribution in [0.1, 0.15) is 30.0 Å². The maximum absolute atomic E-state index is 6.81. The SMILES string of the molecule is CC1=C(c2cccc3c2oc2ccc(-c4cc(-c5ccccc5)c5oc6ccccc6c5c4)cc23)N=C(c2ccccc2)N=C(c2cccc3oc4ccccc4c23)C1. The highest BCUT2D eigenvalue weighted by molar-refractivity contribution is 6.24. The number of amidine groups is 1. The summed E-state index contributed by atoms with van der Waals surface area (Å²) in [7, 11) is 0. The van der Waals surface area contributed by atoms with Crippen LogP contribution >= 0.6 is 0 Å². The summed E-state index contributed by atoms with van der Waals surface area (Å²) in [5.74, 6) is 0.657. The summed E-state index contributed by atoms with van der Waals surface area (Å²) in [6.07, 6.45) is 0.601. The number of hydrogen-bond donors (Lipinski definition) is 0. The molecule has 0 N–H and O–H groups in total. The molecule has 4 heterocycles. The topological polar surface area (TPSA) is 64.1 Å². The van der Waals surface area contributed by atoms with Gasteiger partial charge < -0.3 is 13.3 Å². The van der Waals surface area contributed by atoms with Gasteiger partial charge in [-0.15, -0.1) is 0 Å². The maximum atomic E-state index is 6.81. The van der Waals surface area contributed by atoms with E-state index in [2.05, 4.69) is 122 Å². The van der Waals surface area contributed by atoms with Gasteiger partial charge in [0, 0.05) is 61.0 Å². The molecule has 5 heteroatoms. The second-order valence-corrected chi connectivity index (χ2v) is 15.3. The highest BCUT2D eigenvalue weighted by atomic mass is 16.3. The van der Waals surface area contributed by atoms with Gasteiger partial charge in [-0.1, -0.05) is 127 Å². The molecule has 5 nitrogen and oxygen atoms in total. The van der Waals surface area contributed by atoms with Gasteiger partial charge in [0.25, 0.3) is 0 Å². The fourth-order valence-electron chi connectivity index (χ4n) is 8.90. The summed E-state index contributed by atoms with van der Waals surface area (Å²) in [5.41, 5.74) is 15.3. The molecule has 0 saturated heterocycles. The van der Waals surface area contributed by atoms with Crippen molar-refractivity contribution in [2.24, 2.45) is 9.98 Å². The lowest BCUT2D eigenvalue weighted by molar-refractivity contribution is 0.667. The molecule has 0 bridgehead atoms. The molecular weight excluding hydrogens is 725 g/mol. The van der Waals surface area contributed by atoms with E-state index in [1.807, 2.05) is 60.7 Å². The van der Waals surface area contributed by atoms with Crippen molar-refractivity contribution in [3.8, 4) is 22.3 Å². The number of fused-ring (bicyclic) bond motifs is 9. The molecule has 0 amide bonds. The molecular formula is C54H34N2O3. The van der Waals surface area contributed by atoms with E-state index < -0.39 is 0 Å². The standard InChI is InChI=1S/C54H34N2O3/c1-32-28-45(39-21-13-25-49-50(39)40-19-9-11-24-47(40)57-49)55-54(34-16-6-3-7-17-34)56-51(32)41-22-12-20-38-43-29-35(26-27-48(43)59-52(38)41)36-30-42(33-14-4-2-5-15-33)53-44(31-36)37-18-8-10-23-46(37)58-53/h2-27,29-31H,28H2,1H3. The van der Waals surface area contributed by atoms with Crippen LogP contribution in [0.25, 0.3) is 93.8 Å². The molecule has 1 aliphatic heterocycles. The summed E-state index contributed by atoms with van der Waals surface area (Å²) in [6, 6.07) is 60.8. The summed E-state index contributed by atoms with van der Waals surface area (Å²) in [4.78, 5) is 10.8. The van der Waals surface area contributed by atoms with Crippen LogP contribution in [0.5, 0.6) is 0 Å². The van der Waals surface area contributed by atoms with Crippen molar-refractivity contribution in [1.29, 1.82) is 0 Å². The van der Waals surface area contributed by atoms with Crippen molar-refractivity contribution in [3.05, 3.63) is 198 Å². The van der Waals surface area contributed by atoms with Crippen LogP contribution in [0.3, 0.4) is 0 Å². The first-order valence-electron chi connectivity index (χ1n) is 19.9. The summed E-state index contributed by atoms with van der Waals surface area (Å²) in [6.45, 7) is 2.16. The summed E-state index contributed by atoms with van der Waals surface area (Å²) >= 11 is 0. The number of para-hydroxylation sites is 3. The first-order valence-corrected chi connectivity index (χ1v) is 19.9. The fourth-order valence-corrected chi connectivity index (χ4v) is 8.90. The average Bonchev–Trinajstić information content (AvgIpc) is 3.95. The van der Waals surface area contributed by atoms with Gasteiger partial charge in [0.15, 0.2) is 5.84 Å². The van der Waals surface area contributed by atoms with Gasteiger partial charge in [0.2, 0.25) is 0 Å². The van der Waals surface area contributed by atoms with E-state index in [1.54, 1.807) is 0 Å². The van der Waals surface area contributed by atoms with Gasteiger partial charge in [0.1, 0.15) is 33.5 Å². The number of aliphatic imine (C=N–C) groups is 2. The van der Waals surface area contributed by atoms with E-state index in [-0.39, 0.29) is 0 Å². The zero-order valence-corrected chi connectivity index (χ0v) is 32.1. The van der Waals surface area contributed by atoms with Crippen molar-refractivity contribution in [3.63, 3.8) is 0 Å². The number of rotatable bonds is 5. The van der Waals surface area contributed by atoms with E-state index >= 15 is 0 Å². The first kappa shape index (κ1) is 33.4. The van der Waals surface area contributed by atoms with Crippen LogP contribution in [-0.2, 0) is 0 Å². The number of benzene rings is 8. The predicted molar refractivity (Wildman–Crippen MR) is 242 cm³/mol. The third-order valence-corrected chi connectivity index (χ3v) is 11.7. The second-order valence-electron chi connectivity index (χ2n) is 15.3. The van der Waals surface area contributed by atoms with Crippen LogP contribution in [-0.4, -0.2) is 11.5 Å². The highest BCUT2D eigenvalue weighted by Crippen LogP contribution is 2.43. The smallest absolute Gasteiger partial charge is 0.160 e. The van der Waals surface area contributed by atoms with Crippen molar-refractivity contribution in [1.82, 2.24) is 0 Å². The molecule has 278 valence electrons. The molecule has 0 aliphatic carbocycles. The molecule has 0 spiro atoms. The van der Waals surface area contributed by atoms with Crippen LogP contribution in [0.4, 0.5) is 0 Å². The molecule has 0 radical (unpaired) electrons. The van der Waals surface area contributed by atoms with E-state index in [4.69, 9.17) is 23.2 Å². The minimum absolute atomic E-state index is 0.601. The largest absolute Gasteiger partial charge is 0.456 e. The van der Waals surface area contributed by atoms with Crippen molar-refractivity contribution < 1.29 is 13.3 Å². The van der Waals surface area contributed by atoms with E-state index in [9.17, 15) is 0 Å². The minimum atomic E-state index is 0.601. The monoisotopic (exact) mass is 758 g/mol. The molecule has 3 aromatic heterocycles. The zero-order chi connectivity index (χ0) is 39.0. The predicted octanol–water partition coefficient (Wildman–Crippen LogP) is 14.8. The van der Waals surface area contributed by atoms with Gasteiger partial charge in [-0.25, -0.2) is 9.98 Å². The van der Waals surface area contributed by atoms with Crippen molar-refractivity contribution >= 4 is 83.1 Å². The molecule has 1 aliphatic rings. The Bertz CT molecular complexity index is 3580. The molecule has 12 rings (SSSR count). The van der Waals surface area contributed by atoms with Crippen molar-refractivity contribution in [2.45, 2.75) is 13.3 Å². The molecule has 59 heavy (non-hydrogen) atoms. The van der Waals surface area contributed by atoms with E-state index in [1.165, 1.54) is 0 Å². The Hall–Kier alpha value is -7.76. The Kier molecular flexibility index (Phi) is 7.44. The molecule has 0 fully saturated rings. The molecule has 0 unspecified atom stereocenters. The molecule has 0 saturated carbocycles. The van der Waals surface area contributed by atoms with Gasteiger partial charge >= 0.3 is 0 Å². The van der Waals surface area contributed by atoms with Crippen molar-refractivity contribution in [2.75, 3.05) is 0 Å². The van der Waals surface area contributed by atoms with Gasteiger partial charge in [0.05, 0.1) is 11.4 Å². The normalized spacial score (nSPS) is 13.6. The third kappa shape index (κ3) is 5.39. The number of furan rings is 3. The Morgan fingerprint density at radius 2 is 1.00 bits per heavy atom. The Balaban J connectivity index is 1.02. The van der Waals surface area contributed by atoms with Crippen LogP contribution in [0.2, 0.25) is 0 Å². The summed E-state index contributed by atoms with van der Waals surface area (Å²) < 4.78 is 19.6. The highest BCUT2D eigenvalue weighted by Gasteiger charge is 2.24. The number of hydrogen-bond acceptors (Lipinski definition) is 5. The fraction of sp³-hybridized carbons (Fsp3) is 0.0370. The summed E-state index contributed by atoms with van der Waals surface area (Å²) in [5, 5.41) is 6.42. The number of allylic oxidation sites excluding steroid dienone is 1. The third-order valence-electron chi connectivity index (χ3n) is 11.7. The maximum Gasteiger partial charge on any atom is 0.160 e. The Morgan fingerprint density at radius 1 is 0.390 bits per heavy atom. The Morgan fingerprint density at radius 3 is 1.81 bits per heavy atom. The average molecular weight is 759 g/mol. The van der Waals surface area contributed by atoms with Crippen LogP contribution in [0, 0.1) is 0 Å². The van der Waals surface area contributed by atoms with Crippen LogP contribution in [0.15, 0.2) is 205 Å². The molecule has 8 aromatic carbocycles. The molecule has 0 atom stereocenters. The van der Waals surface area contributed by atoms with Gasteiger partial charge in [-0.3, -0.25) is 0 Å². The molecule has 11 aromatic rings. The van der Waals surface area contributed by atoms with Crippen LogP contribution < -0.4 is 0 Å². The quantitative estimate of drug-likeness (QED) is 0.176. The second kappa shape index (κ2) is 13.2. The van der Waals surface area contributed by atoms with E-state index in [0.717, 1.165) is 122 Å². The minimum Gasteiger partial charge on any atom is -0.456 e. The zero-order valence-electron chi connectivity index (χ0n) is 32.1. The van der Waals surface area contributed by atoms with E-state index in [0.29, 0.717) is 12.3 Å². The number of nitrogens with zero attached hydrogens (tertiary/aromatic N) is 2. The van der Waals surface area contributed by atoms with Gasteiger partial charge in [-0.2, -0.15) is 0 Å².